The van der Waals surface area contributed by atoms with Crippen molar-refractivity contribution in [2.24, 2.45) is 0 Å². The number of aryl methyl sites for hydroxylation is 1. The largest absolute Gasteiger partial charge is 0.456 e. The van der Waals surface area contributed by atoms with E-state index in [9.17, 15) is 14.4 Å². The van der Waals surface area contributed by atoms with Crippen LogP contribution in [0.5, 0.6) is 0 Å². The number of nitrogens with zero attached hydrogens (tertiary/aromatic N) is 1. The summed E-state index contributed by atoms with van der Waals surface area (Å²) in [6, 6.07) is 17.2. The quantitative estimate of drug-likeness (QED) is 0.493. The zero-order valence-electron chi connectivity index (χ0n) is 18.8. The summed E-state index contributed by atoms with van der Waals surface area (Å²) in [5.41, 5.74) is 1.30. The van der Waals surface area contributed by atoms with Crippen LogP contribution < -0.4 is 10.6 Å². The maximum atomic E-state index is 13.0. The molecule has 0 spiro atoms. The zero-order valence-corrected chi connectivity index (χ0v) is 19.6. The van der Waals surface area contributed by atoms with Crippen LogP contribution >= 0.6 is 11.6 Å². The fourth-order valence-corrected chi connectivity index (χ4v) is 4.17. The van der Waals surface area contributed by atoms with Crippen molar-refractivity contribution in [2.45, 2.75) is 25.8 Å². The molecule has 1 saturated heterocycles. The van der Waals surface area contributed by atoms with Crippen molar-refractivity contribution in [1.82, 2.24) is 10.2 Å². The molecule has 8 heteroatoms. The lowest BCUT2D eigenvalue weighted by Gasteiger charge is -2.31. The molecular weight excluding hydrogens is 454 g/mol. The molecule has 4 rings (SSSR count). The third kappa shape index (κ3) is 5.92. The molecule has 1 aliphatic rings. The van der Waals surface area contributed by atoms with Crippen LogP contribution in [0.1, 0.15) is 45.1 Å². The van der Waals surface area contributed by atoms with Crippen LogP contribution in [-0.4, -0.2) is 48.2 Å². The van der Waals surface area contributed by atoms with E-state index in [4.69, 9.17) is 16.0 Å². The van der Waals surface area contributed by atoms with Crippen molar-refractivity contribution < 1.29 is 18.8 Å². The van der Waals surface area contributed by atoms with Gasteiger partial charge in [0.1, 0.15) is 5.76 Å². The van der Waals surface area contributed by atoms with Crippen molar-refractivity contribution in [3.8, 4) is 0 Å². The third-order valence-electron chi connectivity index (χ3n) is 5.79. The van der Waals surface area contributed by atoms with E-state index in [1.807, 2.05) is 11.0 Å². The predicted octanol–water partition coefficient (Wildman–Crippen LogP) is 4.31. The Labute approximate surface area is 203 Å². The first-order chi connectivity index (χ1) is 16.4. The molecule has 0 radical (unpaired) electrons. The third-order valence-corrected chi connectivity index (χ3v) is 6.03. The minimum atomic E-state index is -0.220. The van der Waals surface area contributed by atoms with E-state index >= 15 is 0 Å². The van der Waals surface area contributed by atoms with Gasteiger partial charge in [-0.15, -0.1) is 0 Å². The Morgan fingerprint density at radius 3 is 2.44 bits per heavy atom. The molecule has 2 heterocycles. The minimum absolute atomic E-state index is 0.0311. The number of anilines is 1. The summed E-state index contributed by atoms with van der Waals surface area (Å²) in [6.45, 7) is 3.34. The molecule has 0 saturated carbocycles. The minimum Gasteiger partial charge on any atom is -0.456 e. The van der Waals surface area contributed by atoms with Crippen LogP contribution in [0, 0.1) is 6.92 Å². The number of amides is 2. The second-order valence-corrected chi connectivity index (χ2v) is 8.80. The molecule has 176 valence electrons. The number of likely N-dealkylation sites (tertiary alicyclic amines) is 1. The lowest BCUT2D eigenvalue weighted by Crippen LogP contribution is -2.46. The normalized spacial score (nSPS) is 14.5. The standard InChI is InChI=1S/C26H26ClN3O4/c1-17-7-10-23(34-17)26(33)28-20-11-13-30(14-12-20)16-24(31)29-22-9-8-19(27)15-21(22)25(32)18-5-3-2-4-6-18/h2-10,15,20H,11-14,16H2,1H3,(H,28,33)(H,29,31). The summed E-state index contributed by atoms with van der Waals surface area (Å²) in [5, 5.41) is 6.28. The highest BCUT2D eigenvalue weighted by Gasteiger charge is 2.24. The van der Waals surface area contributed by atoms with Gasteiger partial charge in [-0.05, 0) is 50.1 Å². The van der Waals surface area contributed by atoms with E-state index in [1.165, 1.54) is 0 Å². The SMILES string of the molecule is Cc1ccc(C(=O)NC2CCN(CC(=O)Nc3ccc(Cl)cc3C(=O)c3ccccc3)CC2)o1. The molecular formula is C26H26ClN3O4. The number of rotatable bonds is 7. The highest BCUT2D eigenvalue weighted by molar-refractivity contribution is 6.31. The lowest BCUT2D eigenvalue weighted by molar-refractivity contribution is -0.117. The first-order valence-corrected chi connectivity index (χ1v) is 11.6. The summed E-state index contributed by atoms with van der Waals surface area (Å²) in [5.74, 6) is 0.366. The maximum absolute atomic E-state index is 13.0. The average Bonchev–Trinajstić information content (AvgIpc) is 3.28. The van der Waals surface area contributed by atoms with Gasteiger partial charge in [-0.3, -0.25) is 19.3 Å². The molecule has 2 amide bonds. The lowest BCUT2D eigenvalue weighted by atomic mass is 10.0. The van der Waals surface area contributed by atoms with E-state index in [0.29, 0.717) is 46.4 Å². The fraction of sp³-hybridized carbons (Fsp3) is 0.269. The number of nitrogens with one attached hydrogen (secondary N) is 2. The van der Waals surface area contributed by atoms with Crippen LogP contribution in [0.4, 0.5) is 5.69 Å². The molecule has 1 aromatic heterocycles. The Bertz CT molecular complexity index is 1180. The molecule has 2 aromatic carbocycles. The Hall–Kier alpha value is -3.42. The van der Waals surface area contributed by atoms with E-state index < -0.39 is 0 Å². The van der Waals surface area contributed by atoms with Gasteiger partial charge in [-0.2, -0.15) is 0 Å². The predicted molar refractivity (Wildman–Crippen MR) is 130 cm³/mol. The molecule has 0 bridgehead atoms. The molecule has 1 aliphatic heterocycles. The molecule has 0 atom stereocenters. The van der Waals surface area contributed by atoms with Gasteiger partial charge >= 0.3 is 0 Å². The summed E-state index contributed by atoms with van der Waals surface area (Å²) in [7, 11) is 0. The van der Waals surface area contributed by atoms with Crippen molar-refractivity contribution in [3.63, 3.8) is 0 Å². The van der Waals surface area contributed by atoms with Crippen molar-refractivity contribution >= 4 is 34.9 Å². The van der Waals surface area contributed by atoms with Crippen LogP contribution in [0.15, 0.2) is 65.1 Å². The molecule has 0 aliphatic carbocycles. The van der Waals surface area contributed by atoms with Gasteiger partial charge in [0.15, 0.2) is 11.5 Å². The number of carbonyl (C=O) groups is 3. The van der Waals surface area contributed by atoms with E-state index in [0.717, 1.165) is 12.8 Å². The van der Waals surface area contributed by atoms with Gasteiger partial charge in [0.05, 0.1) is 12.2 Å². The van der Waals surface area contributed by atoms with E-state index in [-0.39, 0.29) is 30.2 Å². The van der Waals surface area contributed by atoms with Crippen molar-refractivity contribution in [3.05, 3.63) is 88.3 Å². The van der Waals surface area contributed by atoms with Crippen LogP contribution in [0.25, 0.3) is 0 Å². The Kier molecular flexibility index (Phi) is 7.45. The number of piperidine rings is 1. The number of hydrogen-bond donors (Lipinski definition) is 2. The molecule has 3 aromatic rings. The second-order valence-electron chi connectivity index (χ2n) is 8.37. The topological polar surface area (TPSA) is 91.7 Å². The van der Waals surface area contributed by atoms with Crippen LogP contribution in [-0.2, 0) is 4.79 Å². The number of benzene rings is 2. The summed E-state index contributed by atoms with van der Waals surface area (Å²) in [4.78, 5) is 40.0. The summed E-state index contributed by atoms with van der Waals surface area (Å²) < 4.78 is 5.37. The fourth-order valence-electron chi connectivity index (χ4n) is 4.00. The number of carbonyl (C=O) groups excluding carboxylic acids is 3. The molecule has 7 nitrogen and oxygen atoms in total. The van der Waals surface area contributed by atoms with Crippen LogP contribution in [0.3, 0.4) is 0 Å². The Morgan fingerprint density at radius 1 is 1.03 bits per heavy atom. The average molecular weight is 480 g/mol. The smallest absolute Gasteiger partial charge is 0.287 e. The highest BCUT2D eigenvalue weighted by Crippen LogP contribution is 2.24. The van der Waals surface area contributed by atoms with E-state index in [2.05, 4.69) is 10.6 Å². The maximum Gasteiger partial charge on any atom is 0.287 e. The molecule has 0 unspecified atom stereocenters. The van der Waals surface area contributed by atoms with Gasteiger partial charge in [-0.25, -0.2) is 0 Å². The number of furan rings is 1. The second kappa shape index (κ2) is 10.7. The first kappa shape index (κ1) is 23.7. The number of halogens is 1. The summed E-state index contributed by atoms with van der Waals surface area (Å²) >= 11 is 6.12. The zero-order chi connectivity index (χ0) is 24.1. The summed E-state index contributed by atoms with van der Waals surface area (Å²) in [6.07, 6.45) is 1.47. The molecule has 1 fully saturated rings. The first-order valence-electron chi connectivity index (χ1n) is 11.2. The van der Waals surface area contributed by atoms with Crippen molar-refractivity contribution in [1.29, 1.82) is 0 Å². The van der Waals surface area contributed by atoms with Crippen LogP contribution in [0.2, 0.25) is 5.02 Å². The Morgan fingerprint density at radius 2 is 1.76 bits per heavy atom. The Balaban J connectivity index is 1.32. The molecule has 34 heavy (non-hydrogen) atoms. The van der Waals surface area contributed by atoms with Gasteiger partial charge in [0.25, 0.3) is 5.91 Å². The highest BCUT2D eigenvalue weighted by atomic mass is 35.5. The van der Waals surface area contributed by atoms with Gasteiger partial charge in [0, 0.05) is 35.3 Å². The van der Waals surface area contributed by atoms with Gasteiger partial charge in [-0.1, -0.05) is 41.9 Å². The number of ketones is 1. The monoisotopic (exact) mass is 479 g/mol. The van der Waals surface area contributed by atoms with Gasteiger partial charge in [0.2, 0.25) is 5.91 Å². The molecule has 2 N–H and O–H groups in total. The van der Waals surface area contributed by atoms with E-state index in [1.54, 1.807) is 61.5 Å². The van der Waals surface area contributed by atoms with Crippen molar-refractivity contribution in [2.75, 3.05) is 25.0 Å². The van der Waals surface area contributed by atoms with Gasteiger partial charge < -0.3 is 15.1 Å². The number of hydrogen-bond acceptors (Lipinski definition) is 5.